The second-order valence-electron chi connectivity index (χ2n) is 4.29. The summed E-state index contributed by atoms with van der Waals surface area (Å²) in [6.45, 7) is 0.734. The van der Waals surface area contributed by atoms with Crippen molar-refractivity contribution in [2.24, 2.45) is 5.73 Å². The van der Waals surface area contributed by atoms with Crippen molar-refractivity contribution < 1.29 is 19.4 Å². The van der Waals surface area contributed by atoms with Gasteiger partial charge in [-0.05, 0) is 12.1 Å². The van der Waals surface area contributed by atoms with Gasteiger partial charge in [0.1, 0.15) is 11.4 Å². The number of hydrogen-bond acceptors (Lipinski definition) is 6. The van der Waals surface area contributed by atoms with Crippen molar-refractivity contribution in [2.75, 3.05) is 18.5 Å². The molecule has 1 amide bonds. The lowest BCUT2D eigenvalue weighted by Gasteiger charge is -2.34. The molecule has 1 aromatic heterocycles. The molecule has 2 heterocycles. The van der Waals surface area contributed by atoms with Gasteiger partial charge in [0, 0.05) is 26.1 Å². The minimum atomic E-state index is -1.11. The number of nitrogens with zero attached hydrogens (tertiary/aromatic N) is 2. The number of aromatic nitrogens is 2. The van der Waals surface area contributed by atoms with Crippen LogP contribution in [0.1, 0.15) is 23.3 Å². The standard InChI is InChI=1S/C11H14N4O4/c12-9(16)7-1-2-8(15-14-7)13-11(10(17)18)3-5-19-6-4-11/h1-2H,3-6H2,(H2,12,16)(H,13,15)(H,17,18). The molecule has 1 aliphatic heterocycles. The van der Waals surface area contributed by atoms with Crippen molar-refractivity contribution >= 4 is 17.7 Å². The Kier molecular flexibility index (Phi) is 3.61. The van der Waals surface area contributed by atoms with Crippen LogP contribution in [0.3, 0.4) is 0 Å². The fraction of sp³-hybridized carbons (Fsp3) is 0.455. The fourth-order valence-corrected chi connectivity index (χ4v) is 1.89. The van der Waals surface area contributed by atoms with Crippen LogP contribution in [-0.2, 0) is 9.53 Å². The zero-order chi connectivity index (χ0) is 13.9. The highest BCUT2D eigenvalue weighted by Crippen LogP contribution is 2.25. The number of anilines is 1. The van der Waals surface area contributed by atoms with E-state index >= 15 is 0 Å². The first-order valence-corrected chi connectivity index (χ1v) is 5.76. The maximum atomic E-state index is 11.4. The van der Waals surface area contributed by atoms with Crippen LogP contribution in [0.25, 0.3) is 0 Å². The van der Waals surface area contributed by atoms with E-state index < -0.39 is 17.4 Å². The predicted molar refractivity (Wildman–Crippen MR) is 64.6 cm³/mol. The number of aliphatic carboxylic acids is 1. The van der Waals surface area contributed by atoms with Crippen LogP contribution in [0.5, 0.6) is 0 Å². The molecular formula is C11H14N4O4. The van der Waals surface area contributed by atoms with E-state index in [1.54, 1.807) is 0 Å². The molecule has 8 nitrogen and oxygen atoms in total. The first-order valence-electron chi connectivity index (χ1n) is 5.76. The summed E-state index contributed by atoms with van der Waals surface area (Å²) >= 11 is 0. The highest BCUT2D eigenvalue weighted by Gasteiger charge is 2.40. The van der Waals surface area contributed by atoms with E-state index in [0.717, 1.165) is 0 Å². The number of primary amides is 1. The molecular weight excluding hydrogens is 252 g/mol. The van der Waals surface area contributed by atoms with Crippen LogP contribution in [-0.4, -0.2) is 45.9 Å². The molecule has 1 fully saturated rings. The largest absolute Gasteiger partial charge is 0.480 e. The van der Waals surface area contributed by atoms with Gasteiger partial charge in [0.05, 0.1) is 0 Å². The number of nitrogens with one attached hydrogen (secondary N) is 1. The Hall–Kier alpha value is -2.22. The van der Waals surface area contributed by atoms with E-state index in [1.165, 1.54) is 12.1 Å². The van der Waals surface area contributed by atoms with Gasteiger partial charge in [-0.15, -0.1) is 10.2 Å². The molecule has 2 rings (SSSR count). The van der Waals surface area contributed by atoms with Crippen LogP contribution in [0.2, 0.25) is 0 Å². The molecule has 0 saturated carbocycles. The topological polar surface area (TPSA) is 127 Å². The first-order chi connectivity index (χ1) is 9.03. The van der Waals surface area contributed by atoms with Gasteiger partial charge in [-0.1, -0.05) is 0 Å². The number of ether oxygens (including phenoxy) is 1. The molecule has 0 aliphatic carbocycles. The highest BCUT2D eigenvalue weighted by atomic mass is 16.5. The summed E-state index contributed by atoms with van der Waals surface area (Å²) in [4.78, 5) is 22.3. The van der Waals surface area contributed by atoms with Crippen LogP contribution in [0.15, 0.2) is 12.1 Å². The normalized spacial score (nSPS) is 17.7. The predicted octanol–water partition coefficient (Wildman–Crippen LogP) is -0.379. The third-order valence-corrected chi connectivity index (χ3v) is 3.04. The molecule has 0 atom stereocenters. The van der Waals surface area contributed by atoms with E-state index in [-0.39, 0.29) is 11.5 Å². The Morgan fingerprint density at radius 1 is 1.32 bits per heavy atom. The molecule has 102 valence electrons. The minimum Gasteiger partial charge on any atom is -0.480 e. The van der Waals surface area contributed by atoms with E-state index in [4.69, 9.17) is 10.5 Å². The Morgan fingerprint density at radius 2 is 2.00 bits per heavy atom. The highest BCUT2D eigenvalue weighted by molar-refractivity contribution is 5.90. The lowest BCUT2D eigenvalue weighted by molar-refractivity contribution is -0.145. The second kappa shape index (κ2) is 5.19. The number of carboxylic acids is 1. The molecule has 19 heavy (non-hydrogen) atoms. The Morgan fingerprint density at radius 3 is 2.47 bits per heavy atom. The summed E-state index contributed by atoms with van der Waals surface area (Å²) in [5, 5.41) is 19.6. The second-order valence-corrected chi connectivity index (χ2v) is 4.29. The van der Waals surface area contributed by atoms with Crippen molar-refractivity contribution in [3.63, 3.8) is 0 Å². The molecule has 0 spiro atoms. The van der Waals surface area contributed by atoms with Gasteiger partial charge < -0.3 is 20.9 Å². The quantitative estimate of drug-likeness (QED) is 0.677. The summed E-state index contributed by atoms with van der Waals surface area (Å²) < 4.78 is 5.16. The van der Waals surface area contributed by atoms with Crippen molar-refractivity contribution in [2.45, 2.75) is 18.4 Å². The van der Waals surface area contributed by atoms with Gasteiger partial charge in [-0.2, -0.15) is 0 Å². The van der Waals surface area contributed by atoms with Gasteiger partial charge in [0.2, 0.25) is 0 Å². The van der Waals surface area contributed by atoms with Crippen molar-refractivity contribution in [3.8, 4) is 0 Å². The minimum absolute atomic E-state index is 0.0295. The number of nitrogens with two attached hydrogens (primary N) is 1. The molecule has 1 aromatic rings. The molecule has 1 saturated heterocycles. The van der Waals surface area contributed by atoms with Crippen LogP contribution >= 0.6 is 0 Å². The molecule has 0 unspecified atom stereocenters. The Labute approximate surface area is 109 Å². The Balaban J connectivity index is 2.17. The number of rotatable bonds is 4. The summed E-state index contributed by atoms with van der Waals surface area (Å²) in [5.74, 6) is -1.36. The molecule has 8 heteroatoms. The van der Waals surface area contributed by atoms with E-state index in [2.05, 4.69) is 15.5 Å². The number of amides is 1. The smallest absolute Gasteiger partial charge is 0.329 e. The van der Waals surface area contributed by atoms with Gasteiger partial charge in [0.25, 0.3) is 5.91 Å². The zero-order valence-corrected chi connectivity index (χ0v) is 10.1. The number of carboxylic acid groups (broad SMARTS) is 1. The maximum absolute atomic E-state index is 11.4. The molecule has 1 aliphatic rings. The molecule has 0 aromatic carbocycles. The van der Waals surface area contributed by atoms with Crippen LogP contribution < -0.4 is 11.1 Å². The Bertz CT molecular complexity index is 482. The zero-order valence-electron chi connectivity index (χ0n) is 10.1. The molecule has 0 bridgehead atoms. The van der Waals surface area contributed by atoms with Gasteiger partial charge in [-0.3, -0.25) is 4.79 Å². The average Bonchev–Trinajstić information content (AvgIpc) is 2.40. The van der Waals surface area contributed by atoms with Gasteiger partial charge in [-0.25, -0.2) is 4.79 Å². The number of carbonyl (C=O) groups excluding carboxylic acids is 1. The van der Waals surface area contributed by atoms with Crippen LogP contribution in [0.4, 0.5) is 5.82 Å². The SMILES string of the molecule is NC(=O)c1ccc(NC2(C(=O)O)CCOCC2)nn1. The van der Waals surface area contributed by atoms with Crippen LogP contribution in [0, 0.1) is 0 Å². The number of hydrogen-bond donors (Lipinski definition) is 3. The van der Waals surface area contributed by atoms with Crippen molar-refractivity contribution in [1.29, 1.82) is 0 Å². The van der Waals surface area contributed by atoms with Gasteiger partial charge in [0.15, 0.2) is 5.69 Å². The monoisotopic (exact) mass is 266 g/mol. The van der Waals surface area contributed by atoms with Crippen molar-refractivity contribution in [1.82, 2.24) is 10.2 Å². The van der Waals surface area contributed by atoms with E-state index in [1.807, 2.05) is 0 Å². The summed E-state index contributed by atoms with van der Waals surface area (Å²) in [6.07, 6.45) is 0.670. The number of carbonyl (C=O) groups is 2. The van der Waals surface area contributed by atoms with E-state index in [0.29, 0.717) is 26.1 Å². The molecule has 4 N–H and O–H groups in total. The van der Waals surface area contributed by atoms with Crippen molar-refractivity contribution in [3.05, 3.63) is 17.8 Å². The fourth-order valence-electron chi connectivity index (χ4n) is 1.89. The van der Waals surface area contributed by atoms with Gasteiger partial charge >= 0.3 is 5.97 Å². The lowest BCUT2D eigenvalue weighted by Crippen LogP contribution is -2.50. The lowest BCUT2D eigenvalue weighted by atomic mass is 9.90. The maximum Gasteiger partial charge on any atom is 0.329 e. The summed E-state index contributed by atoms with van der Waals surface area (Å²) in [5.41, 5.74) is 3.97. The summed E-state index contributed by atoms with van der Waals surface area (Å²) in [7, 11) is 0. The summed E-state index contributed by atoms with van der Waals surface area (Å²) in [6, 6.07) is 2.87. The van der Waals surface area contributed by atoms with E-state index in [9.17, 15) is 14.7 Å². The average molecular weight is 266 g/mol. The first kappa shape index (κ1) is 13.2. The molecule has 0 radical (unpaired) electrons. The third kappa shape index (κ3) is 2.79. The third-order valence-electron chi connectivity index (χ3n) is 3.04.